The molecule has 150 valence electrons. The molecule has 1 saturated heterocycles. The summed E-state index contributed by atoms with van der Waals surface area (Å²) in [6, 6.07) is 16.9. The molecular weight excluding hydrogens is 365 g/mol. The van der Waals surface area contributed by atoms with E-state index in [1.807, 2.05) is 6.07 Å². The Morgan fingerprint density at radius 2 is 1.66 bits per heavy atom. The molecule has 1 aliphatic rings. The van der Waals surface area contributed by atoms with Crippen LogP contribution in [0.3, 0.4) is 0 Å². The number of halogens is 1. The van der Waals surface area contributed by atoms with Gasteiger partial charge in [0, 0.05) is 37.2 Å². The Kier molecular flexibility index (Phi) is 6.19. The van der Waals surface area contributed by atoms with Crippen molar-refractivity contribution in [3.05, 3.63) is 72.2 Å². The van der Waals surface area contributed by atoms with E-state index >= 15 is 0 Å². The van der Waals surface area contributed by atoms with E-state index < -0.39 is 0 Å². The number of benzene rings is 2. The first kappa shape index (κ1) is 19.2. The fourth-order valence-electron chi connectivity index (χ4n) is 3.54. The van der Waals surface area contributed by atoms with E-state index in [1.54, 1.807) is 18.3 Å². The molecule has 0 radical (unpaired) electrons. The summed E-state index contributed by atoms with van der Waals surface area (Å²) in [5.41, 5.74) is 3.35. The second-order valence-corrected chi connectivity index (χ2v) is 7.29. The molecule has 5 nitrogen and oxygen atoms in total. The van der Waals surface area contributed by atoms with Crippen molar-refractivity contribution >= 4 is 23.1 Å². The van der Waals surface area contributed by atoms with Gasteiger partial charge < -0.3 is 15.5 Å². The van der Waals surface area contributed by atoms with E-state index in [1.165, 1.54) is 37.1 Å². The third-order valence-corrected chi connectivity index (χ3v) is 5.13. The van der Waals surface area contributed by atoms with Gasteiger partial charge in [-0.1, -0.05) is 12.1 Å². The van der Waals surface area contributed by atoms with Crippen LogP contribution in [0.1, 0.15) is 24.8 Å². The van der Waals surface area contributed by atoms with E-state index in [-0.39, 0.29) is 5.82 Å². The van der Waals surface area contributed by atoms with Crippen LogP contribution in [-0.4, -0.2) is 29.6 Å². The first-order valence-corrected chi connectivity index (χ1v) is 10.2. The van der Waals surface area contributed by atoms with Crippen molar-refractivity contribution in [2.75, 3.05) is 35.2 Å². The van der Waals surface area contributed by atoms with Crippen molar-refractivity contribution in [1.29, 1.82) is 0 Å². The highest BCUT2D eigenvalue weighted by atomic mass is 19.1. The standard InChI is InChI=1S/C23H26FN5/c24-19-6-4-18(5-7-19)12-14-25-23-26-15-13-22(28-23)27-20-8-10-21(11-9-20)29-16-2-1-3-17-29/h4-11,13,15H,1-3,12,14,16-17H2,(H2,25,26,27,28). The zero-order valence-electron chi connectivity index (χ0n) is 16.4. The minimum Gasteiger partial charge on any atom is -0.372 e. The number of nitrogens with one attached hydrogen (secondary N) is 2. The number of hydrogen-bond donors (Lipinski definition) is 2. The maximum Gasteiger partial charge on any atom is 0.224 e. The van der Waals surface area contributed by atoms with E-state index in [2.05, 4.69) is 49.8 Å². The molecule has 1 aliphatic heterocycles. The van der Waals surface area contributed by atoms with Crippen molar-refractivity contribution in [2.24, 2.45) is 0 Å². The first-order chi connectivity index (χ1) is 14.3. The van der Waals surface area contributed by atoms with Crippen LogP contribution in [0, 0.1) is 5.82 Å². The second-order valence-electron chi connectivity index (χ2n) is 7.29. The summed E-state index contributed by atoms with van der Waals surface area (Å²) in [6.45, 7) is 2.97. The average Bonchev–Trinajstić information content (AvgIpc) is 2.77. The molecule has 2 N–H and O–H groups in total. The third kappa shape index (κ3) is 5.44. The summed E-state index contributed by atoms with van der Waals surface area (Å²) in [4.78, 5) is 11.2. The average molecular weight is 391 g/mol. The Hall–Kier alpha value is -3.15. The van der Waals surface area contributed by atoms with Gasteiger partial charge in [0.25, 0.3) is 0 Å². The summed E-state index contributed by atoms with van der Waals surface area (Å²) in [6.07, 6.45) is 6.40. The highest BCUT2D eigenvalue weighted by Crippen LogP contribution is 2.23. The van der Waals surface area contributed by atoms with Gasteiger partial charge in [-0.2, -0.15) is 4.98 Å². The van der Waals surface area contributed by atoms with Gasteiger partial charge in [0.05, 0.1) is 0 Å². The zero-order chi connectivity index (χ0) is 19.9. The number of hydrogen-bond acceptors (Lipinski definition) is 5. The molecule has 2 aromatic carbocycles. The molecule has 0 amide bonds. The Balaban J connectivity index is 1.31. The fraction of sp³-hybridized carbons (Fsp3) is 0.304. The number of nitrogens with zero attached hydrogens (tertiary/aromatic N) is 3. The lowest BCUT2D eigenvalue weighted by Crippen LogP contribution is -2.29. The molecule has 0 atom stereocenters. The van der Waals surface area contributed by atoms with Gasteiger partial charge >= 0.3 is 0 Å². The molecule has 3 aromatic rings. The molecule has 6 heteroatoms. The lowest BCUT2D eigenvalue weighted by Gasteiger charge is -2.28. The maximum atomic E-state index is 13.0. The Bertz CT molecular complexity index is 905. The number of anilines is 4. The van der Waals surface area contributed by atoms with Crippen LogP contribution in [0.2, 0.25) is 0 Å². The van der Waals surface area contributed by atoms with Gasteiger partial charge in [0.15, 0.2) is 0 Å². The van der Waals surface area contributed by atoms with Crippen LogP contribution in [0.5, 0.6) is 0 Å². The monoisotopic (exact) mass is 391 g/mol. The predicted molar refractivity (Wildman–Crippen MR) is 116 cm³/mol. The van der Waals surface area contributed by atoms with Crippen molar-refractivity contribution in [3.63, 3.8) is 0 Å². The Morgan fingerprint density at radius 1 is 0.897 bits per heavy atom. The highest BCUT2D eigenvalue weighted by Gasteiger charge is 2.10. The molecule has 4 rings (SSSR count). The highest BCUT2D eigenvalue weighted by molar-refractivity contribution is 5.61. The molecule has 2 heterocycles. The minimum atomic E-state index is -0.215. The van der Waals surface area contributed by atoms with Gasteiger partial charge in [0.2, 0.25) is 5.95 Å². The lowest BCUT2D eigenvalue weighted by molar-refractivity contribution is 0.578. The van der Waals surface area contributed by atoms with Gasteiger partial charge in [-0.15, -0.1) is 0 Å². The molecule has 1 aromatic heterocycles. The Morgan fingerprint density at radius 3 is 2.41 bits per heavy atom. The smallest absolute Gasteiger partial charge is 0.224 e. The van der Waals surface area contributed by atoms with Crippen LogP contribution < -0.4 is 15.5 Å². The number of rotatable bonds is 7. The largest absolute Gasteiger partial charge is 0.372 e. The van der Waals surface area contributed by atoms with Gasteiger partial charge in [-0.3, -0.25) is 0 Å². The normalized spacial score (nSPS) is 13.9. The molecule has 0 bridgehead atoms. The summed E-state index contributed by atoms with van der Waals surface area (Å²) < 4.78 is 13.0. The SMILES string of the molecule is Fc1ccc(CCNc2nccc(Nc3ccc(N4CCCCC4)cc3)n2)cc1. The predicted octanol–water partition coefficient (Wildman–Crippen LogP) is 5.00. The van der Waals surface area contributed by atoms with Crippen molar-refractivity contribution in [3.8, 4) is 0 Å². The van der Waals surface area contributed by atoms with E-state index in [0.29, 0.717) is 12.5 Å². The van der Waals surface area contributed by atoms with Crippen LogP contribution in [0.4, 0.5) is 27.5 Å². The van der Waals surface area contributed by atoms with Crippen LogP contribution >= 0.6 is 0 Å². The summed E-state index contributed by atoms with van der Waals surface area (Å²) in [7, 11) is 0. The van der Waals surface area contributed by atoms with Crippen molar-refractivity contribution in [2.45, 2.75) is 25.7 Å². The Labute approximate surface area is 171 Å². The van der Waals surface area contributed by atoms with Gasteiger partial charge in [-0.05, 0) is 73.7 Å². The van der Waals surface area contributed by atoms with E-state index in [4.69, 9.17) is 0 Å². The van der Waals surface area contributed by atoms with Crippen LogP contribution in [0.25, 0.3) is 0 Å². The summed E-state index contributed by atoms with van der Waals surface area (Å²) in [5.74, 6) is 1.10. The molecule has 0 saturated carbocycles. The maximum absolute atomic E-state index is 13.0. The van der Waals surface area contributed by atoms with Gasteiger partial charge in [-0.25, -0.2) is 9.37 Å². The lowest BCUT2D eigenvalue weighted by atomic mass is 10.1. The first-order valence-electron chi connectivity index (χ1n) is 10.2. The molecule has 0 aliphatic carbocycles. The van der Waals surface area contributed by atoms with Gasteiger partial charge in [0.1, 0.15) is 11.6 Å². The van der Waals surface area contributed by atoms with E-state index in [9.17, 15) is 4.39 Å². The molecular formula is C23H26FN5. The summed E-state index contributed by atoms with van der Waals surface area (Å²) in [5, 5.41) is 6.56. The van der Waals surface area contributed by atoms with Crippen molar-refractivity contribution in [1.82, 2.24) is 9.97 Å². The van der Waals surface area contributed by atoms with E-state index in [0.717, 1.165) is 36.6 Å². The molecule has 1 fully saturated rings. The number of piperidine rings is 1. The summed E-state index contributed by atoms with van der Waals surface area (Å²) >= 11 is 0. The minimum absolute atomic E-state index is 0.215. The van der Waals surface area contributed by atoms with Crippen LogP contribution in [0.15, 0.2) is 60.8 Å². The fourth-order valence-corrected chi connectivity index (χ4v) is 3.54. The molecule has 0 unspecified atom stereocenters. The van der Waals surface area contributed by atoms with Crippen LogP contribution in [-0.2, 0) is 6.42 Å². The quantitative estimate of drug-likeness (QED) is 0.593. The zero-order valence-corrected chi connectivity index (χ0v) is 16.4. The second kappa shape index (κ2) is 9.37. The third-order valence-electron chi connectivity index (χ3n) is 5.13. The topological polar surface area (TPSA) is 53.1 Å². The van der Waals surface area contributed by atoms with Crippen molar-refractivity contribution < 1.29 is 4.39 Å². The molecule has 0 spiro atoms. The number of aromatic nitrogens is 2. The molecule has 29 heavy (non-hydrogen) atoms.